The number of carbonyl (C=O) groups is 3. The number of ether oxygens (including phenoxy) is 2. The van der Waals surface area contributed by atoms with Crippen LogP contribution in [-0.2, 0) is 14.3 Å². The van der Waals surface area contributed by atoms with Crippen LogP contribution >= 0.6 is 0 Å². The first-order valence-electron chi connectivity index (χ1n) is 11.2. The summed E-state index contributed by atoms with van der Waals surface area (Å²) in [5.41, 5.74) is 2.63. The van der Waals surface area contributed by atoms with Gasteiger partial charge in [-0.25, -0.2) is 4.79 Å². The molecule has 4 rings (SSSR count). The van der Waals surface area contributed by atoms with Crippen molar-refractivity contribution >= 4 is 29.1 Å². The first-order valence-corrected chi connectivity index (χ1v) is 11.2. The summed E-state index contributed by atoms with van der Waals surface area (Å²) in [7, 11) is 1.51. The summed E-state index contributed by atoms with van der Waals surface area (Å²) in [5, 5.41) is 11.3. The number of aliphatic hydroxyl groups is 1. The van der Waals surface area contributed by atoms with Crippen LogP contribution in [0.4, 0.5) is 5.69 Å². The average molecular weight is 472 g/mol. The summed E-state index contributed by atoms with van der Waals surface area (Å²) in [6.07, 6.45) is 0. The van der Waals surface area contributed by atoms with Gasteiger partial charge in [-0.15, -0.1) is 0 Å². The standard InChI is InChI=1S/C28H25NO6/c1-4-35-28(33)18-12-14-20(15-13-18)29-24(22-11-6-5-8-17(22)2)23(26(31)27(29)32)25(30)19-9-7-10-21(16-19)34-3/h5-16,24,30H,4H2,1-3H3/b25-23+. The van der Waals surface area contributed by atoms with E-state index in [0.717, 1.165) is 5.56 Å². The summed E-state index contributed by atoms with van der Waals surface area (Å²) >= 11 is 0. The first-order chi connectivity index (χ1) is 16.9. The van der Waals surface area contributed by atoms with Crippen LogP contribution in [0.5, 0.6) is 5.75 Å². The van der Waals surface area contributed by atoms with Crippen LogP contribution in [0.1, 0.15) is 40.0 Å². The van der Waals surface area contributed by atoms with Crippen molar-refractivity contribution in [1.82, 2.24) is 0 Å². The second-order valence-electron chi connectivity index (χ2n) is 8.02. The van der Waals surface area contributed by atoms with Gasteiger partial charge in [-0.2, -0.15) is 0 Å². The van der Waals surface area contributed by atoms with Crippen LogP contribution in [0.2, 0.25) is 0 Å². The molecule has 7 nitrogen and oxygen atoms in total. The molecule has 1 aliphatic rings. The van der Waals surface area contributed by atoms with Gasteiger partial charge >= 0.3 is 5.97 Å². The molecule has 1 fully saturated rings. The molecule has 1 N–H and O–H groups in total. The van der Waals surface area contributed by atoms with Gasteiger partial charge in [-0.3, -0.25) is 14.5 Å². The van der Waals surface area contributed by atoms with Crippen molar-refractivity contribution in [2.75, 3.05) is 18.6 Å². The van der Waals surface area contributed by atoms with E-state index in [0.29, 0.717) is 28.1 Å². The van der Waals surface area contributed by atoms with E-state index >= 15 is 0 Å². The van der Waals surface area contributed by atoms with E-state index in [1.165, 1.54) is 12.0 Å². The number of benzene rings is 3. The smallest absolute Gasteiger partial charge is 0.338 e. The average Bonchev–Trinajstić information content (AvgIpc) is 3.14. The van der Waals surface area contributed by atoms with Crippen LogP contribution in [-0.4, -0.2) is 36.5 Å². The van der Waals surface area contributed by atoms with Crippen molar-refractivity contribution in [2.24, 2.45) is 0 Å². The summed E-state index contributed by atoms with van der Waals surface area (Å²) in [6, 6.07) is 19.5. The number of ketones is 1. The van der Waals surface area contributed by atoms with E-state index in [4.69, 9.17) is 9.47 Å². The molecule has 1 saturated heterocycles. The van der Waals surface area contributed by atoms with E-state index in [1.54, 1.807) is 55.5 Å². The summed E-state index contributed by atoms with van der Waals surface area (Å²) in [5.74, 6) is -1.83. The molecule has 0 saturated carbocycles. The normalized spacial score (nSPS) is 16.9. The first kappa shape index (κ1) is 23.8. The molecule has 3 aromatic rings. The molecule has 1 aliphatic heterocycles. The van der Waals surface area contributed by atoms with Gasteiger partial charge in [0.05, 0.1) is 30.9 Å². The highest BCUT2D eigenvalue weighted by Gasteiger charge is 2.47. The van der Waals surface area contributed by atoms with E-state index in [2.05, 4.69) is 0 Å². The topological polar surface area (TPSA) is 93.1 Å². The molecule has 0 aliphatic carbocycles. The number of anilines is 1. The predicted molar refractivity (Wildman–Crippen MR) is 131 cm³/mol. The maximum Gasteiger partial charge on any atom is 0.338 e. The Hall–Kier alpha value is -4.39. The van der Waals surface area contributed by atoms with Crippen molar-refractivity contribution < 1.29 is 29.0 Å². The molecule has 0 radical (unpaired) electrons. The minimum atomic E-state index is -0.865. The Labute approximate surface area is 203 Å². The molecule has 3 aromatic carbocycles. The number of aryl methyl sites for hydroxylation is 1. The molecule has 1 atom stereocenters. The lowest BCUT2D eigenvalue weighted by Gasteiger charge is -2.26. The zero-order chi connectivity index (χ0) is 25.1. The number of hydrogen-bond donors (Lipinski definition) is 1. The van der Waals surface area contributed by atoms with Crippen LogP contribution in [0, 0.1) is 6.92 Å². The van der Waals surface area contributed by atoms with Crippen molar-refractivity contribution in [1.29, 1.82) is 0 Å². The highest BCUT2D eigenvalue weighted by Crippen LogP contribution is 2.43. The monoisotopic (exact) mass is 471 g/mol. The summed E-state index contributed by atoms with van der Waals surface area (Å²) in [4.78, 5) is 40.0. The molecule has 178 valence electrons. The molecule has 1 unspecified atom stereocenters. The Morgan fingerprint density at radius 1 is 0.971 bits per heavy atom. The van der Waals surface area contributed by atoms with Gasteiger partial charge < -0.3 is 14.6 Å². The molecular weight excluding hydrogens is 446 g/mol. The third kappa shape index (κ3) is 4.40. The highest BCUT2D eigenvalue weighted by molar-refractivity contribution is 6.51. The van der Waals surface area contributed by atoms with Crippen LogP contribution in [0.15, 0.2) is 78.4 Å². The largest absolute Gasteiger partial charge is 0.507 e. The van der Waals surface area contributed by atoms with E-state index in [-0.39, 0.29) is 17.9 Å². The third-order valence-corrected chi connectivity index (χ3v) is 5.93. The highest BCUT2D eigenvalue weighted by atomic mass is 16.5. The molecular formula is C28H25NO6. The zero-order valence-corrected chi connectivity index (χ0v) is 19.6. The predicted octanol–water partition coefficient (Wildman–Crippen LogP) is 4.81. The molecule has 0 spiro atoms. The Balaban J connectivity index is 1.88. The van der Waals surface area contributed by atoms with Gasteiger partial charge in [0.15, 0.2) is 0 Å². The van der Waals surface area contributed by atoms with E-state index in [1.807, 2.05) is 31.2 Å². The number of hydrogen-bond acceptors (Lipinski definition) is 6. The lowest BCUT2D eigenvalue weighted by atomic mass is 9.92. The SMILES string of the molecule is CCOC(=O)c1ccc(N2C(=O)C(=O)/C(=C(/O)c3cccc(OC)c3)C2c2ccccc2C)cc1. The van der Waals surface area contributed by atoms with Gasteiger partial charge in [0, 0.05) is 11.3 Å². The number of rotatable bonds is 6. The second-order valence-corrected chi connectivity index (χ2v) is 8.02. The summed E-state index contributed by atoms with van der Waals surface area (Å²) < 4.78 is 10.3. The lowest BCUT2D eigenvalue weighted by Crippen LogP contribution is -2.29. The number of esters is 1. The number of amides is 1. The molecule has 1 amide bonds. The fourth-order valence-corrected chi connectivity index (χ4v) is 4.19. The number of aliphatic hydroxyl groups excluding tert-OH is 1. The Morgan fingerprint density at radius 3 is 2.34 bits per heavy atom. The van der Waals surface area contributed by atoms with E-state index < -0.39 is 23.7 Å². The maximum absolute atomic E-state index is 13.3. The van der Waals surface area contributed by atoms with Gasteiger partial charge in [0.1, 0.15) is 11.5 Å². The second kappa shape index (κ2) is 9.85. The fraction of sp³-hybridized carbons (Fsp3) is 0.179. The van der Waals surface area contributed by atoms with Crippen LogP contribution in [0.3, 0.4) is 0 Å². The Morgan fingerprint density at radius 2 is 1.69 bits per heavy atom. The fourth-order valence-electron chi connectivity index (χ4n) is 4.19. The lowest BCUT2D eigenvalue weighted by molar-refractivity contribution is -0.132. The number of nitrogens with zero attached hydrogens (tertiary/aromatic N) is 1. The van der Waals surface area contributed by atoms with Gasteiger partial charge in [0.2, 0.25) is 0 Å². The molecule has 35 heavy (non-hydrogen) atoms. The van der Waals surface area contributed by atoms with Gasteiger partial charge in [-0.05, 0) is 61.4 Å². The van der Waals surface area contributed by atoms with Crippen LogP contribution in [0.25, 0.3) is 5.76 Å². The molecule has 1 heterocycles. The zero-order valence-electron chi connectivity index (χ0n) is 19.6. The minimum Gasteiger partial charge on any atom is -0.507 e. The molecule has 0 bridgehead atoms. The van der Waals surface area contributed by atoms with Crippen molar-refractivity contribution in [3.8, 4) is 5.75 Å². The number of methoxy groups -OCH3 is 1. The molecule has 0 aromatic heterocycles. The summed E-state index contributed by atoms with van der Waals surface area (Å²) in [6.45, 7) is 3.84. The van der Waals surface area contributed by atoms with Crippen LogP contribution < -0.4 is 9.64 Å². The molecule has 7 heteroatoms. The van der Waals surface area contributed by atoms with Gasteiger partial charge in [-0.1, -0.05) is 36.4 Å². The minimum absolute atomic E-state index is 0.0213. The van der Waals surface area contributed by atoms with E-state index in [9.17, 15) is 19.5 Å². The Kier molecular flexibility index (Phi) is 6.68. The third-order valence-electron chi connectivity index (χ3n) is 5.93. The number of Topliss-reactive ketones (excluding diaryl/α,β-unsaturated/α-hetero) is 1. The van der Waals surface area contributed by atoms with Gasteiger partial charge in [0.25, 0.3) is 11.7 Å². The Bertz CT molecular complexity index is 1330. The van der Waals surface area contributed by atoms with Crippen molar-refractivity contribution in [3.05, 3.63) is 101 Å². The van der Waals surface area contributed by atoms with Crippen molar-refractivity contribution in [3.63, 3.8) is 0 Å². The van der Waals surface area contributed by atoms with Crippen molar-refractivity contribution in [2.45, 2.75) is 19.9 Å². The quantitative estimate of drug-likeness (QED) is 0.240. The number of carbonyl (C=O) groups excluding carboxylic acids is 3. The maximum atomic E-state index is 13.3.